The van der Waals surface area contributed by atoms with Crippen molar-refractivity contribution in [3.05, 3.63) is 47.1 Å². The molecule has 108 valence electrons. The first-order valence-corrected chi connectivity index (χ1v) is 5.29. The van der Waals surface area contributed by atoms with E-state index in [1.807, 2.05) is 0 Å². The Morgan fingerprint density at radius 3 is 1.76 bits per heavy atom. The maximum Gasteiger partial charge on any atom is 0.227 e. The van der Waals surface area contributed by atoms with Crippen molar-refractivity contribution in [2.75, 3.05) is 0 Å². The highest BCUT2D eigenvalue weighted by molar-refractivity contribution is 5.64. The van der Waals surface area contributed by atoms with E-state index in [2.05, 4.69) is 9.97 Å². The van der Waals surface area contributed by atoms with E-state index < -0.39 is 58.5 Å². The highest BCUT2D eigenvalue weighted by atomic mass is 19.2. The Morgan fingerprint density at radius 1 is 0.857 bits per heavy atom. The van der Waals surface area contributed by atoms with Gasteiger partial charge >= 0.3 is 0 Å². The Kier molecular flexibility index (Phi) is 3.80. The molecule has 0 atom stereocenters. The second kappa shape index (κ2) is 5.40. The van der Waals surface area contributed by atoms with Crippen molar-refractivity contribution in [2.24, 2.45) is 0 Å². The van der Waals surface area contributed by atoms with Crippen LogP contribution in [-0.2, 0) is 6.42 Å². The monoisotopic (exact) mass is 303 g/mol. The van der Waals surface area contributed by atoms with Crippen molar-refractivity contribution >= 4 is 0 Å². The lowest BCUT2D eigenvalue weighted by Gasteiger charge is -2.09. The van der Waals surface area contributed by atoms with Crippen molar-refractivity contribution < 1.29 is 26.3 Å². The van der Waals surface area contributed by atoms with E-state index in [9.17, 15) is 26.3 Å². The van der Waals surface area contributed by atoms with Crippen LogP contribution in [-0.4, -0.2) is 9.97 Å². The minimum absolute atomic E-state index is 0.102. The lowest BCUT2D eigenvalue weighted by Crippen LogP contribution is -2.08. The molecule has 2 aromatic rings. The van der Waals surface area contributed by atoms with Crippen molar-refractivity contribution in [2.45, 2.75) is 6.42 Å². The van der Waals surface area contributed by atoms with Crippen LogP contribution >= 0.6 is 0 Å². The molecular weight excluding hydrogens is 300 g/mol. The Hall–Kier alpha value is -2.63. The summed E-state index contributed by atoms with van der Waals surface area (Å²) in [6.45, 7) is 0. The van der Waals surface area contributed by atoms with Gasteiger partial charge in [0.15, 0.2) is 23.3 Å². The molecule has 0 saturated heterocycles. The van der Waals surface area contributed by atoms with Gasteiger partial charge in [-0.05, 0) is 0 Å². The molecule has 0 unspecified atom stereocenters. The van der Waals surface area contributed by atoms with Crippen LogP contribution < -0.4 is 0 Å². The van der Waals surface area contributed by atoms with Crippen molar-refractivity contribution in [3.8, 4) is 17.2 Å². The highest BCUT2D eigenvalue weighted by Crippen LogP contribution is 2.32. The molecule has 0 aliphatic carbocycles. The van der Waals surface area contributed by atoms with Crippen LogP contribution in [0.25, 0.3) is 11.1 Å². The molecule has 0 N–H and O–H groups in total. The Balaban J connectivity index is 2.77. The molecule has 3 nitrogen and oxygen atoms in total. The second-order valence-corrected chi connectivity index (χ2v) is 3.77. The summed E-state index contributed by atoms with van der Waals surface area (Å²) in [5.74, 6) is -11.7. The lowest BCUT2D eigenvalue weighted by atomic mass is 10.1. The van der Waals surface area contributed by atoms with Crippen LogP contribution in [0.1, 0.15) is 5.82 Å². The fourth-order valence-electron chi connectivity index (χ4n) is 1.60. The average molecular weight is 303 g/mol. The molecule has 9 heteroatoms. The predicted octanol–water partition coefficient (Wildman–Crippen LogP) is 3.04. The van der Waals surface area contributed by atoms with Crippen LogP contribution in [0.2, 0.25) is 0 Å². The van der Waals surface area contributed by atoms with E-state index >= 15 is 0 Å². The Bertz CT molecular complexity index is 719. The van der Waals surface area contributed by atoms with Gasteiger partial charge < -0.3 is 0 Å². The maximum atomic E-state index is 13.7. The first kappa shape index (κ1) is 14.8. The third-order valence-corrected chi connectivity index (χ3v) is 2.47. The lowest BCUT2D eigenvalue weighted by molar-refractivity contribution is 0.452. The molecule has 1 aromatic heterocycles. The fourth-order valence-corrected chi connectivity index (χ4v) is 1.60. The summed E-state index contributed by atoms with van der Waals surface area (Å²) >= 11 is 0. The van der Waals surface area contributed by atoms with Crippen LogP contribution in [0.4, 0.5) is 26.3 Å². The summed E-state index contributed by atoms with van der Waals surface area (Å²) in [5, 5.41) is 8.35. The van der Waals surface area contributed by atoms with Crippen LogP contribution in [0.5, 0.6) is 0 Å². The normalized spacial score (nSPS) is 10.5. The van der Waals surface area contributed by atoms with Gasteiger partial charge in [0.2, 0.25) is 11.9 Å². The smallest absolute Gasteiger partial charge is 0.204 e. The molecule has 0 saturated carbocycles. The zero-order valence-corrected chi connectivity index (χ0v) is 9.89. The molecule has 1 heterocycles. The summed E-state index contributed by atoms with van der Waals surface area (Å²) in [5.41, 5.74) is -3.05. The number of halogens is 6. The van der Waals surface area contributed by atoms with Gasteiger partial charge in [0.1, 0.15) is 5.82 Å². The molecule has 1 aromatic carbocycles. The number of aromatic nitrogens is 2. The van der Waals surface area contributed by atoms with Gasteiger partial charge in [-0.25, -0.2) is 27.5 Å². The van der Waals surface area contributed by atoms with Gasteiger partial charge in [0.05, 0.1) is 23.6 Å². The second-order valence-electron chi connectivity index (χ2n) is 3.77. The van der Waals surface area contributed by atoms with Crippen LogP contribution in [0, 0.1) is 46.5 Å². The van der Waals surface area contributed by atoms with E-state index in [1.165, 1.54) is 6.07 Å². The number of rotatable bonds is 2. The van der Waals surface area contributed by atoms with Gasteiger partial charge in [-0.15, -0.1) is 0 Å². The quantitative estimate of drug-likeness (QED) is 0.487. The molecular formula is C12H3F6N3. The number of nitrogens with zero attached hydrogens (tertiary/aromatic N) is 3. The zero-order valence-electron chi connectivity index (χ0n) is 9.89. The van der Waals surface area contributed by atoms with Crippen LogP contribution in [0.3, 0.4) is 0 Å². The predicted molar refractivity (Wildman–Crippen MR) is 56.5 cm³/mol. The van der Waals surface area contributed by atoms with Gasteiger partial charge in [0, 0.05) is 6.07 Å². The molecule has 2 rings (SSSR count). The summed E-state index contributed by atoms with van der Waals surface area (Å²) in [4.78, 5) is 6.05. The number of benzene rings is 1. The van der Waals surface area contributed by atoms with Crippen molar-refractivity contribution in [1.29, 1.82) is 5.26 Å². The maximum absolute atomic E-state index is 13.7. The summed E-state index contributed by atoms with van der Waals surface area (Å²) in [6, 6.07) is 1.41. The Morgan fingerprint density at radius 2 is 1.33 bits per heavy atom. The first-order valence-electron chi connectivity index (χ1n) is 5.29. The van der Waals surface area contributed by atoms with E-state index in [-0.39, 0.29) is 6.07 Å². The Labute approximate surface area is 113 Å². The highest BCUT2D eigenvalue weighted by Gasteiger charge is 2.27. The SMILES string of the molecule is N#CCc1nc(F)c(-c2c(F)c(F)cc(F)c2F)c(F)n1. The first-order chi connectivity index (χ1) is 9.86. The molecule has 0 amide bonds. The molecule has 0 fully saturated rings. The van der Waals surface area contributed by atoms with Gasteiger partial charge in [-0.3, -0.25) is 0 Å². The van der Waals surface area contributed by atoms with E-state index in [0.29, 0.717) is 0 Å². The number of hydrogen-bond acceptors (Lipinski definition) is 3. The number of nitriles is 1. The summed E-state index contributed by atoms with van der Waals surface area (Å²) < 4.78 is 80.5. The van der Waals surface area contributed by atoms with E-state index in [1.54, 1.807) is 0 Å². The van der Waals surface area contributed by atoms with Gasteiger partial charge in [-0.2, -0.15) is 14.0 Å². The molecule has 21 heavy (non-hydrogen) atoms. The molecule has 0 spiro atoms. The largest absolute Gasteiger partial charge is 0.227 e. The number of hydrogen-bond donors (Lipinski definition) is 0. The van der Waals surface area contributed by atoms with Crippen LogP contribution in [0.15, 0.2) is 6.07 Å². The summed E-state index contributed by atoms with van der Waals surface area (Å²) in [7, 11) is 0. The molecule has 0 radical (unpaired) electrons. The van der Waals surface area contributed by atoms with E-state index in [0.717, 1.165) is 0 Å². The zero-order chi connectivity index (χ0) is 15.7. The standard InChI is InChI=1S/C12H3F6N3/c13-4-3-5(14)10(16)7(9(4)15)8-11(17)20-6(1-2-19)21-12(8)18/h3H,1H2. The third kappa shape index (κ3) is 2.52. The van der Waals surface area contributed by atoms with Crippen molar-refractivity contribution in [1.82, 2.24) is 9.97 Å². The molecule has 0 aliphatic heterocycles. The molecule has 0 aliphatic rings. The topological polar surface area (TPSA) is 49.6 Å². The minimum atomic E-state index is -1.98. The van der Waals surface area contributed by atoms with E-state index in [4.69, 9.17) is 5.26 Å². The fraction of sp³-hybridized carbons (Fsp3) is 0.0833. The molecule has 0 bridgehead atoms. The van der Waals surface area contributed by atoms with Gasteiger partial charge in [0.25, 0.3) is 0 Å². The minimum Gasteiger partial charge on any atom is -0.204 e. The van der Waals surface area contributed by atoms with Gasteiger partial charge in [-0.1, -0.05) is 0 Å². The summed E-state index contributed by atoms with van der Waals surface area (Å²) in [6.07, 6.45) is -0.559. The third-order valence-electron chi connectivity index (χ3n) is 2.47. The average Bonchev–Trinajstić information content (AvgIpc) is 2.40. The van der Waals surface area contributed by atoms with Crippen molar-refractivity contribution in [3.63, 3.8) is 0 Å².